The second-order valence-corrected chi connectivity index (χ2v) is 4.84. The molecule has 1 amide bonds. The molecule has 0 saturated carbocycles. The first kappa shape index (κ1) is 10.4. The van der Waals surface area contributed by atoms with Crippen LogP contribution in [0.5, 0.6) is 0 Å². The monoisotopic (exact) mass is 224 g/mol. The van der Waals surface area contributed by atoms with Crippen LogP contribution < -0.4 is 5.73 Å². The number of hydrogen-bond donors (Lipinski definition) is 2. The molecule has 0 aromatic heterocycles. The molecule has 0 atom stereocenters. The maximum Gasteiger partial charge on any atom is 0.283 e. The number of primary amides is 1. The molecule has 74 valence electrons. The number of carbonyl (C=O) groups is 1. The highest BCUT2D eigenvalue weighted by molar-refractivity contribution is 8.04. The van der Waals surface area contributed by atoms with Gasteiger partial charge in [-0.1, -0.05) is 11.8 Å². The molecule has 0 aromatic rings. The van der Waals surface area contributed by atoms with E-state index in [1.165, 1.54) is 11.1 Å². The van der Waals surface area contributed by atoms with Crippen molar-refractivity contribution in [1.82, 2.24) is 4.90 Å². The van der Waals surface area contributed by atoms with Gasteiger partial charge in [-0.25, -0.2) is 0 Å². The Morgan fingerprint density at radius 2 is 2.38 bits per heavy atom. The fourth-order valence-corrected chi connectivity index (χ4v) is 2.35. The van der Waals surface area contributed by atoms with Gasteiger partial charge in [0, 0.05) is 6.20 Å². The van der Waals surface area contributed by atoms with Crippen molar-refractivity contribution in [3.05, 3.63) is 11.1 Å². The Hall–Kier alpha value is -0.730. The van der Waals surface area contributed by atoms with E-state index in [0.29, 0.717) is 10.8 Å². The maximum atomic E-state index is 10.6. The van der Waals surface area contributed by atoms with Gasteiger partial charge in [0.05, 0.1) is 10.8 Å². The van der Waals surface area contributed by atoms with Gasteiger partial charge in [0.2, 0.25) is 0 Å². The second-order valence-electron chi connectivity index (χ2n) is 2.43. The summed E-state index contributed by atoms with van der Waals surface area (Å²) in [5.41, 5.74) is 4.96. The van der Waals surface area contributed by atoms with Gasteiger partial charge >= 0.3 is 0 Å². The van der Waals surface area contributed by atoms with Crippen LogP contribution in [0.1, 0.15) is 0 Å². The predicted molar refractivity (Wildman–Crippen MR) is 48.0 cm³/mol. The Balaban J connectivity index is 2.64. The summed E-state index contributed by atoms with van der Waals surface area (Å²) in [4.78, 5) is 12.2. The van der Waals surface area contributed by atoms with E-state index in [-0.39, 0.29) is 0 Å². The van der Waals surface area contributed by atoms with Crippen molar-refractivity contribution in [2.75, 3.05) is 11.8 Å². The highest BCUT2D eigenvalue weighted by Gasteiger charge is 2.20. The number of nitrogens with two attached hydrogens (primary N) is 1. The lowest BCUT2D eigenvalue weighted by molar-refractivity contribution is -0.113. The van der Waals surface area contributed by atoms with Crippen molar-refractivity contribution in [1.29, 1.82) is 0 Å². The Labute approximate surface area is 79.5 Å². The molecule has 0 aliphatic carbocycles. The third-order valence-corrected chi connectivity index (χ3v) is 2.99. The molecule has 13 heavy (non-hydrogen) atoms. The number of amides is 1. The van der Waals surface area contributed by atoms with Crippen LogP contribution in [-0.2, 0) is 14.9 Å². The minimum Gasteiger partial charge on any atom is -0.365 e. The molecule has 1 rings (SSSR count). The van der Waals surface area contributed by atoms with E-state index in [2.05, 4.69) is 0 Å². The Morgan fingerprint density at radius 3 is 2.77 bits per heavy atom. The highest BCUT2D eigenvalue weighted by atomic mass is 32.2. The van der Waals surface area contributed by atoms with Crippen molar-refractivity contribution >= 4 is 27.8 Å². The van der Waals surface area contributed by atoms with Crippen LogP contribution in [-0.4, -0.2) is 35.5 Å². The number of carbonyl (C=O) groups excluding carboxylic acids is 1. The minimum absolute atomic E-state index is 0.295. The van der Waals surface area contributed by atoms with Crippen LogP contribution in [0.15, 0.2) is 11.1 Å². The first-order valence-electron chi connectivity index (χ1n) is 3.22. The van der Waals surface area contributed by atoms with Crippen molar-refractivity contribution in [3.8, 4) is 0 Å². The normalized spacial score (nSPS) is 17.3. The van der Waals surface area contributed by atoms with Gasteiger partial charge in [0.1, 0.15) is 5.88 Å². The average molecular weight is 224 g/mol. The van der Waals surface area contributed by atoms with Crippen LogP contribution >= 0.6 is 11.8 Å². The van der Waals surface area contributed by atoms with E-state index in [0.717, 1.165) is 11.8 Å². The fourth-order valence-electron chi connectivity index (χ4n) is 0.812. The van der Waals surface area contributed by atoms with E-state index in [1.807, 2.05) is 0 Å². The van der Waals surface area contributed by atoms with Gasteiger partial charge in [-0.2, -0.15) is 8.42 Å². The van der Waals surface area contributed by atoms with Crippen LogP contribution in [0.4, 0.5) is 0 Å². The molecule has 6 nitrogen and oxygen atoms in total. The molecule has 1 heterocycles. The quantitative estimate of drug-likeness (QED) is 0.606. The van der Waals surface area contributed by atoms with Crippen molar-refractivity contribution in [2.45, 2.75) is 0 Å². The average Bonchev–Trinajstić information content (AvgIpc) is 2.31. The van der Waals surface area contributed by atoms with Crippen LogP contribution in [0, 0.1) is 0 Å². The van der Waals surface area contributed by atoms with Crippen LogP contribution in [0.25, 0.3) is 0 Å². The fraction of sp³-hybridized carbons (Fsp3) is 0.400. The third-order valence-electron chi connectivity index (χ3n) is 1.26. The molecule has 8 heteroatoms. The molecule has 0 radical (unpaired) electrons. The van der Waals surface area contributed by atoms with Crippen molar-refractivity contribution < 1.29 is 17.8 Å². The van der Waals surface area contributed by atoms with E-state index in [4.69, 9.17) is 10.3 Å². The number of nitrogens with zero attached hydrogens (tertiary/aromatic N) is 1. The largest absolute Gasteiger partial charge is 0.365 e. The lowest BCUT2D eigenvalue weighted by atomic mass is 10.5. The van der Waals surface area contributed by atoms with E-state index in [9.17, 15) is 13.2 Å². The van der Waals surface area contributed by atoms with Gasteiger partial charge in [0.15, 0.2) is 0 Å². The summed E-state index contributed by atoms with van der Waals surface area (Å²) in [7, 11) is -4.04. The zero-order valence-electron chi connectivity index (χ0n) is 6.50. The molecule has 0 aromatic carbocycles. The van der Waals surface area contributed by atoms with Gasteiger partial charge in [0.25, 0.3) is 16.0 Å². The maximum absolute atomic E-state index is 10.6. The summed E-state index contributed by atoms with van der Waals surface area (Å²) in [5.74, 6) is -0.808. The molecule has 0 saturated heterocycles. The van der Waals surface area contributed by atoms with Gasteiger partial charge in [-0.05, 0) is 0 Å². The molecule has 0 fully saturated rings. The number of thioether (sulfide) groups is 1. The minimum atomic E-state index is -4.04. The number of rotatable bonds is 3. The molecule has 3 N–H and O–H groups in total. The summed E-state index contributed by atoms with van der Waals surface area (Å²) in [6.45, 7) is 0. The zero-order chi connectivity index (χ0) is 10.1. The SMILES string of the molecule is NC(=O)C1=CN(CS(=O)(=O)O)CS1. The summed E-state index contributed by atoms with van der Waals surface area (Å²) in [6.07, 6.45) is 1.32. The topological polar surface area (TPSA) is 101 Å². The van der Waals surface area contributed by atoms with E-state index in [1.54, 1.807) is 0 Å². The Morgan fingerprint density at radius 1 is 1.77 bits per heavy atom. The third kappa shape index (κ3) is 3.25. The van der Waals surface area contributed by atoms with Crippen molar-refractivity contribution in [2.24, 2.45) is 5.73 Å². The summed E-state index contributed by atoms with van der Waals surface area (Å²) in [6, 6.07) is 0. The lowest BCUT2D eigenvalue weighted by Crippen LogP contribution is -2.22. The first-order valence-corrected chi connectivity index (χ1v) is 5.81. The Kier molecular flexibility index (Phi) is 2.84. The van der Waals surface area contributed by atoms with Gasteiger partial charge in [-0.3, -0.25) is 9.35 Å². The van der Waals surface area contributed by atoms with Crippen LogP contribution in [0.2, 0.25) is 0 Å². The zero-order valence-corrected chi connectivity index (χ0v) is 8.14. The predicted octanol–water partition coefficient (Wildman–Crippen LogP) is -0.835. The molecule has 0 bridgehead atoms. The summed E-state index contributed by atoms with van der Waals surface area (Å²) < 4.78 is 29.3. The summed E-state index contributed by atoms with van der Waals surface area (Å²) in [5, 5.41) is 0. The summed E-state index contributed by atoms with van der Waals surface area (Å²) >= 11 is 1.14. The molecular formula is C5H8N2O4S2. The van der Waals surface area contributed by atoms with Crippen LogP contribution in [0.3, 0.4) is 0 Å². The van der Waals surface area contributed by atoms with E-state index < -0.39 is 21.9 Å². The van der Waals surface area contributed by atoms with E-state index >= 15 is 0 Å². The van der Waals surface area contributed by atoms with Gasteiger partial charge in [-0.15, -0.1) is 0 Å². The first-order chi connectivity index (χ1) is 5.88. The molecule has 0 spiro atoms. The van der Waals surface area contributed by atoms with Crippen molar-refractivity contribution in [3.63, 3.8) is 0 Å². The highest BCUT2D eigenvalue weighted by Crippen LogP contribution is 2.24. The standard InChI is InChI=1S/C5H8N2O4S2/c6-5(8)4-1-7(2-12-4)3-13(9,10)11/h1H,2-3H2,(H2,6,8)(H,9,10,11). The molecule has 1 aliphatic heterocycles. The molecule has 0 unspecified atom stereocenters. The second kappa shape index (κ2) is 3.56. The number of hydrogen-bond acceptors (Lipinski definition) is 5. The Bertz CT molecular complexity index is 348. The van der Waals surface area contributed by atoms with Gasteiger partial charge < -0.3 is 10.6 Å². The molecule has 1 aliphatic rings. The lowest BCUT2D eigenvalue weighted by Gasteiger charge is -2.10. The molecular weight excluding hydrogens is 216 g/mol. The smallest absolute Gasteiger partial charge is 0.283 e.